The molecule has 0 radical (unpaired) electrons. The van der Waals surface area contributed by atoms with Crippen molar-refractivity contribution in [3.05, 3.63) is 34.9 Å². The molecule has 0 atom stereocenters. The van der Waals surface area contributed by atoms with E-state index in [1.807, 2.05) is 13.8 Å². The first-order chi connectivity index (χ1) is 9.69. The second-order valence-corrected chi connectivity index (χ2v) is 4.30. The van der Waals surface area contributed by atoms with E-state index < -0.39 is 0 Å². The number of hydrogen-bond acceptors (Lipinski definition) is 3. The molecule has 20 heavy (non-hydrogen) atoms. The maximum Gasteiger partial charge on any atom is 0.251 e. The Hall–Kier alpha value is -1.83. The minimum absolute atomic E-state index is 0.0914. The number of aryl methyl sites for hydroxylation is 1. The zero-order chi connectivity index (χ0) is 14.8. The van der Waals surface area contributed by atoms with Crippen molar-refractivity contribution in [2.75, 3.05) is 26.4 Å². The lowest BCUT2D eigenvalue weighted by molar-refractivity contribution is 0.0944. The van der Waals surface area contributed by atoms with Crippen LogP contribution in [0.2, 0.25) is 0 Å². The van der Waals surface area contributed by atoms with E-state index >= 15 is 0 Å². The van der Waals surface area contributed by atoms with Crippen molar-refractivity contribution in [1.82, 2.24) is 5.32 Å². The van der Waals surface area contributed by atoms with Crippen LogP contribution in [-0.4, -0.2) is 37.4 Å². The number of aliphatic hydroxyl groups is 1. The van der Waals surface area contributed by atoms with Crippen LogP contribution in [0.15, 0.2) is 18.2 Å². The summed E-state index contributed by atoms with van der Waals surface area (Å²) < 4.78 is 5.21. The normalized spacial score (nSPS) is 9.75. The molecule has 0 heterocycles. The Morgan fingerprint density at radius 1 is 1.45 bits per heavy atom. The average molecular weight is 275 g/mol. The van der Waals surface area contributed by atoms with Crippen LogP contribution in [0, 0.1) is 18.8 Å². The molecule has 0 aliphatic carbocycles. The molecule has 1 aromatic carbocycles. The maximum atomic E-state index is 11.9. The van der Waals surface area contributed by atoms with Crippen LogP contribution in [0.25, 0.3) is 0 Å². The fraction of sp³-hybridized carbons (Fsp3) is 0.438. The Morgan fingerprint density at radius 2 is 2.25 bits per heavy atom. The van der Waals surface area contributed by atoms with Crippen LogP contribution in [0.1, 0.15) is 34.8 Å². The van der Waals surface area contributed by atoms with E-state index in [-0.39, 0.29) is 12.5 Å². The topological polar surface area (TPSA) is 58.6 Å². The third kappa shape index (κ3) is 5.43. The Morgan fingerprint density at radius 3 is 2.90 bits per heavy atom. The maximum absolute atomic E-state index is 11.9. The molecule has 0 fully saturated rings. The summed E-state index contributed by atoms with van der Waals surface area (Å²) in [7, 11) is 0. The summed E-state index contributed by atoms with van der Waals surface area (Å²) in [6.45, 7) is 5.64. The van der Waals surface area contributed by atoms with Gasteiger partial charge in [0.25, 0.3) is 5.91 Å². The van der Waals surface area contributed by atoms with Gasteiger partial charge in [0, 0.05) is 30.9 Å². The second kappa shape index (κ2) is 9.13. The number of nitrogens with one attached hydrogen (secondary N) is 1. The summed E-state index contributed by atoms with van der Waals surface area (Å²) in [5.74, 6) is 5.35. The summed E-state index contributed by atoms with van der Waals surface area (Å²) in [6.07, 6.45) is 0.804. The summed E-state index contributed by atoms with van der Waals surface area (Å²) in [5, 5.41) is 11.5. The SMILES string of the molecule is CCOCCCNC(=O)c1ccc(C#CCO)c(C)c1. The predicted molar refractivity (Wildman–Crippen MR) is 78.6 cm³/mol. The Kier molecular flexibility index (Phi) is 7.41. The molecule has 0 saturated heterocycles. The second-order valence-electron chi connectivity index (χ2n) is 4.30. The van der Waals surface area contributed by atoms with Crippen molar-refractivity contribution < 1.29 is 14.6 Å². The van der Waals surface area contributed by atoms with Crippen LogP contribution < -0.4 is 5.32 Å². The highest BCUT2D eigenvalue weighted by atomic mass is 16.5. The number of amides is 1. The molecule has 0 unspecified atom stereocenters. The van der Waals surface area contributed by atoms with Crippen LogP contribution in [0.4, 0.5) is 0 Å². The Balaban J connectivity index is 2.54. The summed E-state index contributed by atoms with van der Waals surface area (Å²) in [5.41, 5.74) is 2.37. The van der Waals surface area contributed by atoms with Gasteiger partial charge in [-0.3, -0.25) is 4.79 Å². The number of carbonyl (C=O) groups is 1. The average Bonchev–Trinajstić information content (AvgIpc) is 2.45. The van der Waals surface area contributed by atoms with Crippen molar-refractivity contribution in [3.63, 3.8) is 0 Å². The molecule has 0 bridgehead atoms. The van der Waals surface area contributed by atoms with Gasteiger partial charge < -0.3 is 15.2 Å². The first kappa shape index (κ1) is 16.2. The molecule has 0 aromatic heterocycles. The van der Waals surface area contributed by atoms with Gasteiger partial charge in [-0.1, -0.05) is 11.8 Å². The number of rotatable bonds is 6. The molecule has 0 aliphatic rings. The van der Waals surface area contributed by atoms with Crippen molar-refractivity contribution in [3.8, 4) is 11.8 Å². The minimum atomic E-state index is -0.165. The van der Waals surface area contributed by atoms with Gasteiger partial charge in [-0.25, -0.2) is 0 Å². The summed E-state index contributed by atoms with van der Waals surface area (Å²) in [6, 6.07) is 5.35. The fourth-order valence-electron chi connectivity index (χ4n) is 1.70. The van der Waals surface area contributed by atoms with E-state index in [1.165, 1.54) is 0 Å². The van der Waals surface area contributed by atoms with E-state index in [9.17, 15) is 4.79 Å². The molecule has 4 nitrogen and oxygen atoms in total. The fourth-order valence-corrected chi connectivity index (χ4v) is 1.70. The van der Waals surface area contributed by atoms with Gasteiger partial charge in [-0.05, 0) is 44.0 Å². The lowest BCUT2D eigenvalue weighted by Gasteiger charge is -2.07. The van der Waals surface area contributed by atoms with Crippen molar-refractivity contribution in [2.45, 2.75) is 20.3 Å². The van der Waals surface area contributed by atoms with E-state index in [2.05, 4.69) is 17.2 Å². The monoisotopic (exact) mass is 275 g/mol. The molecule has 2 N–H and O–H groups in total. The van der Waals surface area contributed by atoms with Crippen molar-refractivity contribution >= 4 is 5.91 Å². The van der Waals surface area contributed by atoms with Gasteiger partial charge >= 0.3 is 0 Å². The van der Waals surface area contributed by atoms with Gasteiger partial charge in [0.1, 0.15) is 6.61 Å². The van der Waals surface area contributed by atoms with Gasteiger partial charge in [0.05, 0.1) is 0 Å². The Labute approximate surface area is 120 Å². The van der Waals surface area contributed by atoms with E-state index in [0.717, 1.165) is 17.5 Å². The largest absolute Gasteiger partial charge is 0.384 e. The molecule has 0 spiro atoms. The van der Waals surface area contributed by atoms with Gasteiger partial charge in [-0.2, -0.15) is 0 Å². The van der Waals surface area contributed by atoms with Crippen LogP contribution in [-0.2, 0) is 4.74 Å². The van der Waals surface area contributed by atoms with E-state index in [0.29, 0.717) is 25.3 Å². The zero-order valence-corrected chi connectivity index (χ0v) is 12.0. The first-order valence-corrected chi connectivity index (χ1v) is 6.75. The highest BCUT2D eigenvalue weighted by molar-refractivity contribution is 5.94. The van der Waals surface area contributed by atoms with Gasteiger partial charge in [0.15, 0.2) is 0 Å². The van der Waals surface area contributed by atoms with E-state index in [1.54, 1.807) is 18.2 Å². The first-order valence-electron chi connectivity index (χ1n) is 6.75. The zero-order valence-electron chi connectivity index (χ0n) is 12.0. The molecule has 4 heteroatoms. The molecule has 1 amide bonds. The molecule has 1 aromatic rings. The van der Waals surface area contributed by atoms with Gasteiger partial charge in [0.2, 0.25) is 0 Å². The predicted octanol–water partition coefficient (Wildman–Crippen LogP) is 1.50. The van der Waals surface area contributed by atoms with E-state index in [4.69, 9.17) is 9.84 Å². The number of hydrogen-bond donors (Lipinski definition) is 2. The van der Waals surface area contributed by atoms with Crippen LogP contribution in [0.3, 0.4) is 0 Å². The standard InChI is InChI=1S/C16H21NO3/c1-3-20-11-5-9-17-16(19)15-8-7-14(6-4-10-18)13(2)12-15/h7-8,12,18H,3,5,9-11H2,1-2H3,(H,17,19). The number of ether oxygens (including phenoxy) is 1. The number of aliphatic hydroxyl groups excluding tert-OH is 1. The Bertz CT molecular complexity index is 500. The molecular weight excluding hydrogens is 254 g/mol. The highest BCUT2D eigenvalue weighted by Gasteiger charge is 2.06. The molecule has 108 valence electrons. The number of carbonyl (C=O) groups excluding carboxylic acids is 1. The smallest absolute Gasteiger partial charge is 0.251 e. The quantitative estimate of drug-likeness (QED) is 0.611. The molecule has 0 aliphatic heterocycles. The highest BCUT2D eigenvalue weighted by Crippen LogP contribution is 2.10. The van der Waals surface area contributed by atoms with Gasteiger partial charge in [-0.15, -0.1) is 0 Å². The molecule has 0 saturated carbocycles. The lowest BCUT2D eigenvalue weighted by atomic mass is 10.0. The summed E-state index contributed by atoms with van der Waals surface area (Å²) >= 11 is 0. The minimum Gasteiger partial charge on any atom is -0.384 e. The van der Waals surface area contributed by atoms with Crippen molar-refractivity contribution in [2.24, 2.45) is 0 Å². The number of benzene rings is 1. The van der Waals surface area contributed by atoms with Crippen LogP contribution >= 0.6 is 0 Å². The summed E-state index contributed by atoms with van der Waals surface area (Å²) in [4.78, 5) is 11.9. The lowest BCUT2D eigenvalue weighted by Crippen LogP contribution is -2.25. The van der Waals surface area contributed by atoms with Crippen molar-refractivity contribution in [1.29, 1.82) is 0 Å². The van der Waals surface area contributed by atoms with Crippen LogP contribution in [0.5, 0.6) is 0 Å². The third-order valence-electron chi connectivity index (χ3n) is 2.75. The molecule has 1 rings (SSSR count). The molecular formula is C16H21NO3. The third-order valence-corrected chi connectivity index (χ3v) is 2.75.